The number of thiocarbonyl (C=S) groups is 1. The lowest BCUT2D eigenvalue weighted by molar-refractivity contribution is 0.0731. The number of nitrogens with two attached hydrogens (primary N) is 1. The maximum atomic E-state index is 13.7. The number of carbonyl (C=O) groups excluding carboxylic acids is 1. The van der Waals surface area contributed by atoms with E-state index in [0.29, 0.717) is 0 Å². The number of aryl methyl sites for hydroxylation is 1. The molecule has 0 radical (unpaired) electrons. The molecular formula is C13H17FN2OS. The van der Waals surface area contributed by atoms with E-state index in [0.717, 1.165) is 5.56 Å². The van der Waals surface area contributed by atoms with Crippen molar-refractivity contribution in [3.8, 4) is 0 Å². The van der Waals surface area contributed by atoms with Gasteiger partial charge >= 0.3 is 0 Å². The molecule has 0 aliphatic rings. The molecule has 0 spiro atoms. The van der Waals surface area contributed by atoms with Crippen molar-refractivity contribution in [2.45, 2.75) is 26.8 Å². The summed E-state index contributed by atoms with van der Waals surface area (Å²) in [5.74, 6) is -0.918. The first-order valence-corrected chi connectivity index (χ1v) is 6.09. The standard InChI is InChI=1S/C13H17FN2OS/c1-8(2)16(7-12(15)18)13(17)10-6-9(3)4-5-11(10)14/h4-6,8H,7H2,1-3H3,(H2,15,18). The lowest BCUT2D eigenvalue weighted by Gasteiger charge is -2.26. The molecule has 5 heteroatoms. The molecule has 0 heterocycles. The summed E-state index contributed by atoms with van der Waals surface area (Å²) in [6.45, 7) is 5.64. The number of carbonyl (C=O) groups is 1. The minimum Gasteiger partial charge on any atom is -0.392 e. The van der Waals surface area contributed by atoms with Crippen LogP contribution >= 0.6 is 12.2 Å². The van der Waals surface area contributed by atoms with Crippen molar-refractivity contribution in [3.05, 3.63) is 35.1 Å². The summed E-state index contributed by atoms with van der Waals surface area (Å²) in [7, 11) is 0. The quantitative estimate of drug-likeness (QED) is 0.852. The van der Waals surface area contributed by atoms with Crippen molar-refractivity contribution >= 4 is 23.1 Å². The molecule has 18 heavy (non-hydrogen) atoms. The normalized spacial score (nSPS) is 10.5. The van der Waals surface area contributed by atoms with Crippen LogP contribution in [-0.2, 0) is 0 Å². The van der Waals surface area contributed by atoms with E-state index in [2.05, 4.69) is 0 Å². The summed E-state index contributed by atoms with van der Waals surface area (Å²) in [6, 6.07) is 4.35. The second kappa shape index (κ2) is 5.91. The molecule has 0 fully saturated rings. The van der Waals surface area contributed by atoms with Gasteiger partial charge in [-0.2, -0.15) is 0 Å². The molecule has 2 N–H and O–H groups in total. The summed E-state index contributed by atoms with van der Waals surface area (Å²) in [5, 5.41) is 0. The molecule has 1 rings (SSSR count). The average molecular weight is 268 g/mol. The Hall–Kier alpha value is -1.49. The summed E-state index contributed by atoms with van der Waals surface area (Å²) < 4.78 is 13.7. The van der Waals surface area contributed by atoms with Crippen LogP contribution in [0.4, 0.5) is 4.39 Å². The molecule has 1 aromatic rings. The van der Waals surface area contributed by atoms with Gasteiger partial charge in [-0.1, -0.05) is 23.8 Å². The van der Waals surface area contributed by atoms with Gasteiger partial charge in [0.1, 0.15) is 5.82 Å². The maximum absolute atomic E-state index is 13.7. The molecule has 0 aliphatic carbocycles. The van der Waals surface area contributed by atoms with Crippen LogP contribution in [0.5, 0.6) is 0 Å². The monoisotopic (exact) mass is 268 g/mol. The fraction of sp³-hybridized carbons (Fsp3) is 0.385. The topological polar surface area (TPSA) is 46.3 Å². The predicted molar refractivity (Wildman–Crippen MR) is 74.1 cm³/mol. The molecule has 0 aromatic heterocycles. The fourth-order valence-corrected chi connectivity index (χ4v) is 1.75. The van der Waals surface area contributed by atoms with Crippen molar-refractivity contribution in [3.63, 3.8) is 0 Å². The van der Waals surface area contributed by atoms with E-state index in [9.17, 15) is 9.18 Å². The number of benzene rings is 1. The third-order valence-corrected chi connectivity index (χ3v) is 2.69. The van der Waals surface area contributed by atoms with Crippen LogP contribution in [0.15, 0.2) is 18.2 Å². The third kappa shape index (κ3) is 3.50. The molecule has 0 saturated heterocycles. The second-order valence-corrected chi connectivity index (χ2v) is 5.00. The Bertz CT molecular complexity index is 474. The Morgan fingerprint density at radius 2 is 2.11 bits per heavy atom. The highest BCUT2D eigenvalue weighted by atomic mass is 32.1. The largest absolute Gasteiger partial charge is 0.392 e. The van der Waals surface area contributed by atoms with Gasteiger partial charge < -0.3 is 10.6 Å². The van der Waals surface area contributed by atoms with Crippen LogP contribution in [0.3, 0.4) is 0 Å². The molecule has 3 nitrogen and oxygen atoms in total. The van der Waals surface area contributed by atoms with E-state index in [4.69, 9.17) is 18.0 Å². The minimum atomic E-state index is -0.529. The van der Waals surface area contributed by atoms with Gasteiger partial charge in [-0.05, 0) is 32.9 Å². The van der Waals surface area contributed by atoms with E-state index in [1.165, 1.54) is 17.0 Å². The van der Waals surface area contributed by atoms with Gasteiger partial charge in [-0.25, -0.2) is 4.39 Å². The first-order valence-electron chi connectivity index (χ1n) is 5.68. The van der Waals surface area contributed by atoms with Crippen LogP contribution in [0, 0.1) is 12.7 Å². The van der Waals surface area contributed by atoms with Gasteiger partial charge in [0.15, 0.2) is 0 Å². The van der Waals surface area contributed by atoms with Gasteiger partial charge in [0.05, 0.1) is 17.1 Å². The maximum Gasteiger partial charge on any atom is 0.257 e. The van der Waals surface area contributed by atoms with Crippen LogP contribution < -0.4 is 5.73 Å². The second-order valence-electron chi connectivity index (χ2n) is 4.48. The third-order valence-electron chi connectivity index (χ3n) is 2.56. The van der Waals surface area contributed by atoms with Gasteiger partial charge in [-0.3, -0.25) is 4.79 Å². The number of halogens is 1. The number of hydrogen-bond donors (Lipinski definition) is 1. The van der Waals surface area contributed by atoms with Crippen molar-refractivity contribution in [1.29, 1.82) is 0 Å². The summed E-state index contributed by atoms with van der Waals surface area (Å²) in [5.41, 5.74) is 6.35. The number of amides is 1. The van der Waals surface area contributed by atoms with Crippen molar-refractivity contribution in [2.75, 3.05) is 6.54 Å². The number of nitrogens with zero attached hydrogens (tertiary/aromatic N) is 1. The molecule has 0 aliphatic heterocycles. The summed E-state index contributed by atoms with van der Waals surface area (Å²) in [4.78, 5) is 13.9. The Morgan fingerprint density at radius 3 is 2.61 bits per heavy atom. The van der Waals surface area contributed by atoms with Gasteiger partial charge in [0.2, 0.25) is 0 Å². The average Bonchev–Trinajstić information content (AvgIpc) is 2.27. The Kier molecular flexibility index (Phi) is 4.78. The molecule has 1 aromatic carbocycles. The van der Waals surface area contributed by atoms with E-state index in [-0.39, 0.29) is 29.0 Å². The molecule has 0 bridgehead atoms. The predicted octanol–water partition coefficient (Wildman–Crippen LogP) is 2.27. The zero-order valence-corrected chi connectivity index (χ0v) is 11.6. The van der Waals surface area contributed by atoms with E-state index in [1.54, 1.807) is 6.07 Å². The zero-order chi connectivity index (χ0) is 13.9. The highest BCUT2D eigenvalue weighted by Gasteiger charge is 2.22. The Labute approximate surface area is 112 Å². The lowest BCUT2D eigenvalue weighted by atomic mass is 10.1. The molecule has 98 valence electrons. The first-order chi connectivity index (χ1) is 8.32. The smallest absolute Gasteiger partial charge is 0.257 e. The van der Waals surface area contributed by atoms with Crippen molar-refractivity contribution < 1.29 is 9.18 Å². The van der Waals surface area contributed by atoms with E-state index in [1.807, 2.05) is 20.8 Å². The van der Waals surface area contributed by atoms with Gasteiger partial charge in [-0.15, -0.1) is 0 Å². The fourth-order valence-electron chi connectivity index (χ4n) is 1.61. The highest BCUT2D eigenvalue weighted by molar-refractivity contribution is 7.80. The van der Waals surface area contributed by atoms with E-state index >= 15 is 0 Å². The Balaban J connectivity index is 3.09. The van der Waals surface area contributed by atoms with Crippen LogP contribution in [0.2, 0.25) is 0 Å². The molecule has 0 unspecified atom stereocenters. The number of hydrogen-bond acceptors (Lipinski definition) is 2. The summed E-state index contributed by atoms with van der Waals surface area (Å²) >= 11 is 4.81. The SMILES string of the molecule is Cc1ccc(F)c(C(=O)N(CC(N)=S)C(C)C)c1. The van der Waals surface area contributed by atoms with E-state index < -0.39 is 5.82 Å². The van der Waals surface area contributed by atoms with Crippen molar-refractivity contribution in [2.24, 2.45) is 5.73 Å². The van der Waals surface area contributed by atoms with Crippen LogP contribution in [0.25, 0.3) is 0 Å². The number of rotatable bonds is 4. The first kappa shape index (κ1) is 14.6. The van der Waals surface area contributed by atoms with Crippen molar-refractivity contribution in [1.82, 2.24) is 4.90 Å². The van der Waals surface area contributed by atoms with Gasteiger partial charge in [0.25, 0.3) is 5.91 Å². The zero-order valence-electron chi connectivity index (χ0n) is 10.7. The molecule has 1 amide bonds. The minimum absolute atomic E-state index is 0.0555. The molecule has 0 atom stereocenters. The Morgan fingerprint density at radius 1 is 1.50 bits per heavy atom. The molecular weight excluding hydrogens is 251 g/mol. The summed E-state index contributed by atoms with van der Waals surface area (Å²) in [6.07, 6.45) is 0. The highest BCUT2D eigenvalue weighted by Crippen LogP contribution is 2.14. The van der Waals surface area contributed by atoms with Crippen LogP contribution in [0.1, 0.15) is 29.8 Å². The van der Waals surface area contributed by atoms with Gasteiger partial charge in [0, 0.05) is 6.04 Å². The van der Waals surface area contributed by atoms with Crippen LogP contribution in [-0.4, -0.2) is 28.4 Å². The lowest BCUT2D eigenvalue weighted by Crippen LogP contribution is -2.42. The molecule has 0 saturated carbocycles.